The number of amides is 1. The summed E-state index contributed by atoms with van der Waals surface area (Å²) in [6, 6.07) is 16.5. The third kappa shape index (κ3) is 3.39. The van der Waals surface area contributed by atoms with Gasteiger partial charge in [0.05, 0.1) is 11.2 Å². The van der Waals surface area contributed by atoms with Crippen molar-refractivity contribution in [2.75, 3.05) is 17.4 Å². The van der Waals surface area contributed by atoms with Crippen LogP contribution in [-0.2, 0) is 0 Å². The molecule has 2 aromatic heterocycles. The Morgan fingerprint density at radius 2 is 1.83 bits per heavy atom. The number of pyridine rings is 1. The fourth-order valence-corrected chi connectivity index (χ4v) is 3.06. The quantitative estimate of drug-likeness (QED) is 0.552. The standard InChI is InChI=1S/C21H15N5O3/c27-21(25-14-6-7-17-18(9-14)29-12-28-17)16-10-19(24-11-23-16)26-15-5-1-3-13-4-2-8-22-20(13)15/h1-11H,12H2,(H,25,27)(H,23,24,26). The van der Waals surface area contributed by atoms with Crippen LogP contribution in [0.25, 0.3) is 10.9 Å². The van der Waals surface area contributed by atoms with Crippen molar-refractivity contribution < 1.29 is 14.3 Å². The number of hydrogen-bond donors (Lipinski definition) is 2. The number of aromatic nitrogens is 3. The molecule has 0 aliphatic carbocycles. The van der Waals surface area contributed by atoms with Crippen LogP contribution in [0.5, 0.6) is 11.5 Å². The van der Waals surface area contributed by atoms with Gasteiger partial charge in [0.1, 0.15) is 17.8 Å². The van der Waals surface area contributed by atoms with Crippen molar-refractivity contribution in [1.29, 1.82) is 0 Å². The molecule has 29 heavy (non-hydrogen) atoms. The zero-order valence-corrected chi connectivity index (χ0v) is 15.1. The number of hydrogen-bond acceptors (Lipinski definition) is 7. The summed E-state index contributed by atoms with van der Waals surface area (Å²) in [5.74, 6) is 1.39. The molecule has 142 valence electrons. The van der Waals surface area contributed by atoms with Crippen LogP contribution in [0.2, 0.25) is 0 Å². The molecule has 0 unspecified atom stereocenters. The summed E-state index contributed by atoms with van der Waals surface area (Å²) < 4.78 is 10.6. The van der Waals surface area contributed by atoms with Gasteiger partial charge < -0.3 is 20.1 Å². The van der Waals surface area contributed by atoms with Crippen molar-refractivity contribution in [2.24, 2.45) is 0 Å². The van der Waals surface area contributed by atoms with E-state index >= 15 is 0 Å². The van der Waals surface area contributed by atoms with Gasteiger partial charge in [-0.25, -0.2) is 9.97 Å². The molecule has 8 heteroatoms. The summed E-state index contributed by atoms with van der Waals surface area (Å²) in [5, 5.41) is 7.02. The number of anilines is 3. The fourth-order valence-electron chi connectivity index (χ4n) is 3.06. The largest absolute Gasteiger partial charge is 0.454 e. The first-order valence-corrected chi connectivity index (χ1v) is 8.90. The van der Waals surface area contributed by atoms with Crippen LogP contribution in [-0.4, -0.2) is 27.7 Å². The van der Waals surface area contributed by atoms with Gasteiger partial charge in [0.25, 0.3) is 5.91 Å². The summed E-state index contributed by atoms with van der Waals surface area (Å²) in [7, 11) is 0. The number of carbonyl (C=O) groups is 1. The van der Waals surface area contributed by atoms with E-state index in [1.54, 1.807) is 30.5 Å². The molecule has 0 radical (unpaired) electrons. The normalized spacial score (nSPS) is 12.0. The number of nitrogens with zero attached hydrogens (tertiary/aromatic N) is 3. The lowest BCUT2D eigenvalue weighted by molar-refractivity contribution is 0.102. The molecular weight excluding hydrogens is 370 g/mol. The molecule has 5 rings (SSSR count). The van der Waals surface area contributed by atoms with Crippen LogP contribution in [0.4, 0.5) is 17.2 Å². The van der Waals surface area contributed by atoms with Crippen LogP contribution in [0.3, 0.4) is 0 Å². The lowest BCUT2D eigenvalue weighted by Crippen LogP contribution is -2.14. The van der Waals surface area contributed by atoms with Gasteiger partial charge in [-0.2, -0.15) is 0 Å². The smallest absolute Gasteiger partial charge is 0.274 e. The monoisotopic (exact) mass is 385 g/mol. The Labute approximate surface area is 165 Å². The van der Waals surface area contributed by atoms with E-state index < -0.39 is 0 Å². The fraction of sp³-hybridized carbons (Fsp3) is 0.0476. The summed E-state index contributed by atoms with van der Waals surface area (Å²) in [4.78, 5) is 25.3. The summed E-state index contributed by atoms with van der Waals surface area (Å²) in [5.41, 5.74) is 2.43. The van der Waals surface area contributed by atoms with Gasteiger partial charge >= 0.3 is 0 Å². The third-order valence-electron chi connectivity index (χ3n) is 4.43. The molecule has 3 heterocycles. The van der Waals surface area contributed by atoms with Crippen molar-refractivity contribution in [1.82, 2.24) is 15.0 Å². The highest BCUT2D eigenvalue weighted by Crippen LogP contribution is 2.34. The molecule has 1 aliphatic rings. The van der Waals surface area contributed by atoms with E-state index in [1.165, 1.54) is 6.33 Å². The molecule has 1 aliphatic heterocycles. The first-order chi connectivity index (χ1) is 14.3. The van der Waals surface area contributed by atoms with Crippen LogP contribution >= 0.6 is 0 Å². The third-order valence-corrected chi connectivity index (χ3v) is 4.43. The highest BCUT2D eigenvalue weighted by molar-refractivity contribution is 6.03. The number of para-hydroxylation sites is 1. The van der Waals surface area contributed by atoms with Crippen molar-refractivity contribution in [3.05, 3.63) is 72.8 Å². The van der Waals surface area contributed by atoms with Gasteiger partial charge in [0, 0.05) is 29.4 Å². The van der Waals surface area contributed by atoms with Crippen LogP contribution in [0, 0.1) is 0 Å². The Kier molecular flexibility index (Phi) is 4.14. The summed E-state index contributed by atoms with van der Waals surface area (Å²) >= 11 is 0. The number of ether oxygens (including phenoxy) is 2. The Morgan fingerprint density at radius 1 is 0.931 bits per heavy atom. The zero-order chi connectivity index (χ0) is 19.6. The topological polar surface area (TPSA) is 98.3 Å². The molecule has 0 fully saturated rings. The van der Waals surface area contributed by atoms with Crippen LogP contribution < -0.4 is 20.1 Å². The highest BCUT2D eigenvalue weighted by atomic mass is 16.7. The number of nitrogens with one attached hydrogen (secondary N) is 2. The van der Waals surface area contributed by atoms with E-state index in [9.17, 15) is 4.79 Å². The highest BCUT2D eigenvalue weighted by Gasteiger charge is 2.15. The average molecular weight is 385 g/mol. The minimum absolute atomic E-state index is 0.177. The first kappa shape index (κ1) is 16.9. The van der Waals surface area contributed by atoms with Gasteiger partial charge in [-0.15, -0.1) is 0 Å². The lowest BCUT2D eigenvalue weighted by atomic mass is 10.2. The van der Waals surface area contributed by atoms with E-state index in [-0.39, 0.29) is 18.4 Å². The molecule has 4 aromatic rings. The maximum absolute atomic E-state index is 12.6. The van der Waals surface area contributed by atoms with E-state index in [1.807, 2.05) is 30.3 Å². The van der Waals surface area contributed by atoms with Crippen molar-refractivity contribution in [3.8, 4) is 11.5 Å². The zero-order valence-electron chi connectivity index (χ0n) is 15.1. The minimum Gasteiger partial charge on any atom is -0.454 e. The van der Waals surface area contributed by atoms with E-state index in [0.29, 0.717) is 23.0 Å². The van der Waals surface area contributed by atoms with Gasteiger partial charge in [0.15, 0.2) is 11.5 Å². The Balaban J connectivity index is 1.37. The number of rotatable bonds is 4. The van der Waals surface area contributed by atoms with Gasteiger partial charge in [0.2, 0.25) is 6.79 Å². The number of benzene rings is 2. The molecule has 0 bridgehead atoms. The summed E-state index contributed by atoms with van der Waals surface area (Å²) in [6.45, 7) is 0.177. The van der Waals surface area contributed by atoms with Crippen molar-refractivity contribution in [3.63, 3.8) is 0 Å². The number of fused-ring (bicyclic) bond motifs is 2. The SMILES string of the molecule is O=C(Nc1ccc2c(c1)OCO2)c1cc(Nc2cccc3cccnc23)ncn1. The van der Waals surface area contributed by atoms with Gasteiger partial charge in [-0.3, -0.25) is 9.78 Å². The predicted molar refractivity (Wildman–Crippen MR) is 108 cm³/mol. The molecule has 1 amide bonds. The Hall–Kier alpha value is -4.20. The second kappa shape index (κ2) is 7.08. The first-order valence-electron chi connectivity index (χ1n) is 8.90. The van der Waals surface area contributed by atoms with Crippen molar-refractivity contribution in [2.45, 2.75) is 0 Å². The minimum atomic E-state index is -0.356. The molecule has 0 atom stereocenters. The van der Waals surface area contributed by atoms with E-state index in [4.69, 9.17) is 9.47 Å². The Morgan fingerprint density at radius 3 is 2.79 bits per heavy atom. The maximum atomic E-state index is 12.6. The summed E-state index contributed by atoms with van der Waals surface area (Å²) in [6.07, 6.45) is 3.08. The van der Waals surface area contributed by atoms with E-state index in [0.717, 1.165) is 16.6 Å². The van der Waals surface area contributed by atoms with E-state index in [2.05, 4.69) is 25.6 Å². The van der Waals surface area contributed by atoms with Gasteiger partial charge in [-0.05, 0) is 24.3 Å². The molecular formula is C21H15N5O3. The molecule has 2 aromatic carbocycles. The Bertz CT molecular complexity index is 1220. The molecule has 0 spiro atoms. The van der Waals surface area contributed by atoms with Gasteiger partial charge in [-0.1, -0.05) is 18.2 Å². The molecule has 8 nitrogen and oxygen atoms in total. The molecule has 2 N–H and O–H groups in total. The second-order valence-corrected chi connectivity index (χ2v) is 6.32. The second-order valence-electron chi connectivity index (χ2n) is 6.32. The van der Waals surface area contributed by atoms with Crippen LogP contribution in [0.1, 0.15) is 10.5 Å². The molecule has 0 saturated heterocycles. The maximum Gasteiger partial charge on any atom is 0.274 e. The molecule has 0 saturated carbocycles. The van der Waals surface area contributed by atoms with Crippen molar-refractivity contribution >= 4 is 34.0 Å². The lowest BCUT2D eigenvalue weighted by Gasteiger charge is -2.09. The predicted octanol–water partition coefficient (Wildman–Crippen LogP) is 3.75. The van der Waals surface area contributed by atoms with Crippen LogP contribution in [0.15, 0.2) is 67.1 Å². The number of carbonyl (C=O) groups excluding carboxylic acids is 1. The average Bonchev–Trinajstić information content (AvgIpc) is 3.22.